The Kier molecular flexibility index (Phi) is 7.28. The maximum absolute atomic E-state index is 11.9. The summed E-state index contributed by atoms with van der Waals surface area (Å²) in [6.45, 7) is 5.37. The lowest BCUT2D eigenvalue weighted by molar-refractivity contribution is -0.120. The van der Waals surface area contributed by atoms with Gasteiger partial charge >= 0.3 is 5.97 Å². The Morgan fingerprint density at radius 2 is 2.09 bits per heavy atom. The second-order valence-corrected chi connectivity index (χ2v) is 5.08. The lowest BCUT2D eigenvalue weighted by Crippen LogP contribution is -2.34. The zero-order valence-corrected chi connectivity index (χ0v) is 13.9. The quantitative estimate of drug-likeness (QED) is 0.610. The predicted molar refractivity (Wildman–Crippen MR) is 88.6 cm³/mol. The van der Waals surface area contributed by atoms with E-state index >= 15 is 0 Å². The van der Waals surface area contributed by atoms with Crippen molar-refractivity contribution in [2.75, 3.05) is 25.1 Å². The van der Waals surface area contributed by atoms with Gasteiger partial charge in [0, 0.05) is 26.4 Å². The Morgan fingerprint density at radius 3 is 2.65 bits per heavy atom. The monoisotopic (exact) mass is 338 g/mol. The standard InChI is InChI=1S/C16H19ClN2O4/c1-4-8-18-15(21)7-9-19(11(2)20)14-10-12(16(22)23-3)5-6-13(14)17/h4-6,10H,1,7-9H2,2-3H3,(H,18,21). The van der Waals surface area contributed by atoms with Crippen LogP contribution >= 0.6 is 11.6 Å². The van der Waals surface area contributed by atoms with Crippen molar-refractivity contribution >= 4 is 35.1 Å². The fraction of sp³-hybridized carbons (Fsp3) is 0.312. The highest BCUT2D eigenvalue weighted by atomic mass is 35.5. The van der Waals surface area contributed by atoms with Crippen molar-refractivity contribution in [2.45, 2.75) is 13.3 Å². The van der Waals surface area contributed by atoms with Gasteiger partial charge < -0.3 is 15.0 Å². The number of benzene rings is 1. The van der Waals surface area contributed by atoms with Gasteiger partial charge in [-0.3, -0.25) is 9.59 Å². The molecule has 7 heteroatoms. The molecular formula is C16H19ClN2O4. The molecule has 0 aliphatic rings. The number of anilines is 1. The molecule has 0 radical (unpaired) electrons. The molecule has 0 saturated carbocycles. The van der Waals surface area contributed by atoms with Gasteiger partial charge in [-0.15, -0.1) is 6.58 Å². The number of carbonyl (C=O) groups is 3. The van der Waals surface area contributed by atoms with Crippen molar-refractivity contribution in [3.8, 4) is 0 Å². The molecule has 1 aromatic rings. The Bertz CT molecular complexity index is 616. The van der Waals surface area contributed by atoms with E-state index in [0.717, 1.165) is 0 Å². The lowest BCUT2D eigenvalue weighted by Gasteiger charge is -2.22. The van der Waals surface area contributed by atoms with Gasteiger partial charge in [-0.2, -0.15) is 0 Å². The van der Waals surface area contributed by atoms with Crippen molar-refractivity contribution in [3.05, 3.63) is 41.4 Å². The van der Waals surface area contributed by atoms with Gasteiger partial charge in [-0.1, -0.05) is 17.7 Å². The van der Waals surface area contributed by atoms with Gasteiger partial charge in [-0.25, -0.2) is 4.79 Å². The maximum Gasteiger partial charge on any atom is 0.337 e. The molecule has 1 aromatic carbocycles. The third kappa shape index (κ3) is 5.41. The van der Waals surface area contributed by atoms with Crippen LogP contribution in [0, 0.1) is 0 Å². The van der Waals surface area contributed by atoms with Crippen LogP contribution in [0.15, 0.2) is 30.9 Å². The minimum atomic E-state index is -0.532. The van der Waals surface area contributed by atoms with Gasteiger partial charge in [0.2, 0.25) is 11.8 Å². The Balaban J connectivity index is 2.97. The molecule has 0 heterocycles. The summed E-state index contributed by atoms with van der Waals surface area (Å²) in [5.41, 5.74) is 0.632. The molecule has 1 N–H and O–H groups in total. The van der Waals surface area contributed by atoms with Crippen LogP contribution in [-0.4, -0.2) is 38.0 Å². The first kappa shape index (κ1) is 18.7. The fourth-order valence-corrected chi connectivity index (χ4v) is 2.12. The molecule has 2 amide bonds. The lowest BCUT2D eigenvalue weighted by atomic mass is 10.1. The number of carbonyl (C=O) groups excluding carboxylic acids is 3. The number of ether oxygens (including phenoxy) is 1. The van der Waals surface area contributed by atoms with E-state index in [4.69, 9.17) is 11.6 Å². The number of methoxy groups -OCH3 is 1. The SMILES string of the molecule is C=CCNC(=O)CCN(C(C)=O)c1cc(C(=O)OC)ccc1Cl. The average molecular weight is 339 g/mol. The van der Waals surface area contributed by atoms with E-state index in [1.54, 1.807) is 6.08 Å². The van der Waals surface area contributed by atoms with E-state index in [0.29, 0.717) is 17.3 Å². The summed E-state index contributed by atoms with van der Waals surface area (Å²) in [4.78, 5) is 36.5. The number of halogens is 1. The molecule has 0 aliphatic carbocycles. The van der Waals surface area contributed by atoms with Gasteiger partial charge in [-0.05, 0) is 18.2 Å². The van der Waals surface area contributed by atoms with E-state index in [1.807, 2.05) is 0 Å². The fourth-order valence-electron chi connectivity index (χ4n) is 1.90. The molecule has 0 unspecified atom stereocenters. The topological polar surface area (TPSA) is 75.7 Å². The minimum Gasteiger partial charge on any atom is -0.465 e. The van der Waals surface area contributed by atoms with Crippen molar-refractivity contribution in [3.63, 3.8) is 0 Å². The van der Waals surface area contributed by atoms with Gasteiger partial charge in [0.1, 0.15) is 0 Å². The molecular weight excluding hydrogens is 320 g/mol. The molecule has 6 nitrogen and oxygen atoms in total. The molecule has 23 heavy (non-hydrogen) atoms. The first-order valence-corrected chi connectivity index (χ1v) is 7.32. The number of rotatable bonds is 7. The smallest absolute Gasteiger partial charge is 0.337 e. The summed E-state index contributed by atoms with van der Waals surface area (Å²) in [5, 5.41) is 2.93. The molecule has 0 saturated heterocycles. The summed E-state index contributed by atoms with van der Waals surface area (Å²) < 4.78 is 4.65. The highest BCUT2D eigenvalue weighted by Gasteiger charge is 2.18. The third-order valence-electron chi connectivity index (χ3n) is 3.04. The Hall–Kier alpha value is -2.34. The highest BCUT2D eigenvalue weighted by molar-refractivity contribution is 6.34. The second kappa shape index (κ2) is 8.95. The molecule has 0 aliphatic heterocycles. The first-order valence-electron chi connectivity index (χ1n) is 6.94. The number of nitrogens with zero attached hydrogens (tertiary/aromatic N) is 1. The molecule has 0 fully saturated rings. The largest absolute Gasteiger partial charge is 0.465 e. The van der Waals surface area contributed by atoms with Crippen LogP contribution < -0.4 is 10.2 Å². The van der Waals surface area contributed by atoms with Gasteiger partial charge in [0.05, 0.1) is 23.4 Å². The number of hydrogen-bond donors (Lipinski definition) is 1. The first-order chi connectivity index (χ1) is 10.9. The average Bonchev–Trinajstić information content (AvgIpc) is 2.53. The van der Waals surface area contributed by atoms with Crippen LogP contribution in [-0.2, 0) is 14.3 Å². The van der Waals surface area contributed by atoms with Crippen molar-refractivity contribution in [1.82, 2.24) is 5.32 Å². The minimum absolute atomic E-state index is 0.103. The van der Waals surface area contributed by atoms with Crippen molar-refractivity contribution in [2.24, 2.45) is 0 Å². The van der Waals surface area contributed by atoms with Crippen LogP contribution in [0.4, 0.5) is 5.69 Å². The van der Waals surface area contributed by atoms with Crippen LogP contribution in [0.1, 0.15) is 23.7 Å². The van der Waals surface area contributed by atoms with Crippen molar-refractivity contribution < 1.29 is 19.1 Å². The second-order valence-electron chi connectivity index (χ2n) is 4.67. The highest BCUT2D eigenvalue weighted by Crippen LogP contribution is 2.27. The number of hydrogen-bond acceptors (Lipinski definition) is 4. The molecule has 124 valence electrons. The molecule has 0 bridgehead atoms. The number of amides is 2. The van der Waals surface area contributed by atoms with E-state index in [2.05, 4.69) is 16.6 Å². The van der Waals surface area contributed by atoms with E-state index < -0.39 is 5.97 Å². The van der Waals surface area contributed by atoms with Gasteiger partial charge in [0.15, 0.2) is 0 Å². The van der Waals surface area contributed by atoms with E-state index in [-0.39, 0.29) is 30.3 Å². The predicted octanol–water partition coefficient (Wildman–Crippen LogP) is 2.17. The number of nitrogens with one attached hydrogen (secondary N) is 1. The van der Waals surface area contributed by atoms with Crippen LogP contribution in [0.25, 0.3) is 0 Å². The van der Waals surface area contributed by atoms with E-state index in [9.17, 15) is 14.4 Å². The molecule has 0 aromatic heterocycles. The van der Waals surface area contributed by atoms with E-state index in [1.165, 1.54) is 37.1 Å². The zero-order valence-electron chi connectivity index (χ0n) is 13.1. The summed E-state index contributed by atoms with van der Waals surface area (Å²) in [6, 6.07) is 4.49. The molecule has 0 atom stereocenters. The zero-order chi connectivity index (χ0) is 17.4. The Morgan fingerprint density at radius 1 is 1.39 bits per heavy atom. The Labute approximate surface area is 140 Å². The normalized spacial score (nSPS) is 9.87. The summed E-state index contributed by atoms with van der Waals surface area (Å²) in [5.74, 6) is -1.03. The van der Waals surface area contributed by atoms with Crippen molar-refractivity contribution in [1.29, 1.82) is 0 Å². The number of esters is 1. The van der Waals surface area contributed by atoms with Crippen LogP contribution in [0.5, 0.6) is 0 Å². The maximum atomic E-state index is 11.9. The summed E-state index contributed by atoms with van der Waals surface area (Å²) in [7, 11) is 1.27. The third-order valence-corrected chi connectivity index (χ3v) is 3.36. The van der Waals surface area contributed by atoms with Gasteiger partial charge in [0.25, 0.3) is 0 Å². The summed E-state index contributed by atoms with van der Waals surface area (Å²) >= 11 is 6.12. The molecule has 0 spiro atoms. The van der Waals surface area contributed by atoms with Crippen LogP contribution in [0.3, 0.4) is 0 Å². The van der Waals surface area contributed by atoms with Crippen LogP contribution in [0.2, 0.25) is 5.02 Å². The summed E-state index contributed by atoms with van der Waals surface area (Å²) in [6.07, 6.45) is 1.67. The molecule has 1 rings (SSSR count).